The number of hydrogen-bond donors (Lipinski definition) is 0. The zero-order valence-electron chi connectivity index (χ0n) is 16.5. The number of aryl methyl sites for hydroxylation is 1. The van der Waals surface area contributed by atoms with E-state index >= 15 is 0 Å². The molecule has 0 aliphatic heterocycles. The van der Waals surface area contributed by atoms with Crippen LogP contribution in [0.15, 0.2) is 91.0 Å². The van der Waals surface area contributed by atoms with Gasteiger partial charge in [-0.3, -0.25) is 0 Å². The fourth-order valence-electron chi connectivity index (χ4n) is 4.45. The molecule has 1 aromatic heterocycles. The normalized spacial score (nSPS) is 12.9. The fourth-order valence-corrected chi connectivity index (χ4v) is 4.45. The summed E-state index contributed by atoms with van der Waals surface area (Å²) < 4.78 is 0. The van der Waals surface area contributed by atoms with Gasteiger partial charge in [0.1, 0.15) is 0 Å². The van der Waals surface area contributed by atoms with Gasteiger partial charge in [0.15, 0.2) is 0 Å². The SMILES string of the molecule is C1=Cc2nc3ccccc3nc2CC1.c1cc2ccc3cccc4ccc(c1)c2c34. The third kappa shape index (κ3) is 2.81. The van der Waals surface area contributed by atoms with Crippen molar-refractivity contribution in [1.82, 2.24) is 9.97 Å². The van der Waals surface area contributed by atoms with Crippen molar-refractivity contribution in [2.75, 3.05) is 0 Å². The molecule has 0 unspecified atom stereocenters. The van der Waals surface area contributed by atoms with Gasteiger partial charge in [-0.15, -0.1) is 0 Å². The second kappa shape index (κ2) is 6.93. The van der Waals surface area contributed by atoms with Crippen LogP contribution in [0.2, 0.25) is 0 Å². The Kier molecular flexibility index (Phi) is 3.95. The summed E-state index contributed by atoms with van der Waals surface area (Å²) >= 11 is 0. The minimum Gasteiger partial charge on any atom is -0.249 e. The number of nitrogens with zero attached hydrogens (tertiary/aromatic N) is 2. The zero-order chi connectivity index (χ0) is 19.9. The van der Waals surface area contributed by atoms with Crippen LogP contribution in [0, 0.1) is 0 Å². The summed E-state index contributed by atoms with van der Waals surface area (Å²) in [5.74, 6) is 0. The minimum atomic E-state index is 0.984. The van der Waals surface area contributed by atoms with Gasteiger partial charge in [-0.25, -0.2) is 9.97 Å². The highest BCUT2D eigenvalue weighted by Gasteiger charge is 2.08. The van der Waals surface area contributed by atoms with E-state index in [2.05, 4.69) is 82.8 Å². The van der Waals surface area contributed by atoms with Gasteiger partial charge >= 0.3 is 0 Å². The average molecular weight is 384 g/mol. The summed E-state index contributed by atoms with van der Waals surface area (Å²) in [4.78, 5) is 9.17. The van der Waals surface area contributed by atoms with Crippen molar-refractivity contribution in [2.24, 2.45) is 0 Å². The molecule has 1 aliphatic carbocycles. The number of hydrogen-bond acceptors (Lipinski definition) is 2. The Bertz CT molecular complexity index is 1420. The van der Waals surface area contributed by atoms with Crippen molar-refractivity contribution in [3.8, 4) is 0 Å². The van der Waals surface area contributed by atoms with E-state index in [4.69, 9.17) is 0 Å². The van der Waals surface area contributed by atoms with Crippen molar-refractivity contribution < 1.29 is 0 Å². The zero-order valence-corrected chi connectivity index (χ0v) is 16.5. The van der Waals surface area contributed by atoms with Crippen molar-refractivity contribution >= 4 is 49.4 Å². The molecule has 0 amide bonds. The highest BCUT2D eigenvalue weighted by Crippen LogP contribution is 2.33. The van der Waals surface area contributed by atoms with E-state index < -0.39 is 0 Å². The lowest BCUT2D eigenvalue weighted by atomic mass is 9.95. The van der Waals surface area contributed by atoms with Gasteiger partial charge in [0.05, 0.1) is 22.4 Å². The van der Waals surface area contributed by atoms with Crippen LogP contribution in [0.3, 0.4) is 0 Å². The van der Waals surface area contributed by atoms with Gasteiger partial charge < -0.3 is 0 Å². The van der Waals surface area contributed by atoms with Crippen molar-refractivity contribution in [3.63, 3.8) is 0 Å². The molecular weight excluding hydrogens is 364 g/mol. The molecule has 1 heterocycles. The molecular formula is C28H20N2. The van der Waals surface area contributed by atoms with E-state index in [0.717, 1.165) is 35.3 Å². The molecule has 1 aliphatic rings. The Morgan fingerprint density at radius 3 is 1.63 bits per heavy atom. The number of aromatic nitrogens is 2. The molecule has 0 fully saturated rings. The Labute approximate surface area is 174 Å². The first-order valence-electron chi connectivity index (χ1n) is 10.4. The third-order valence-corrected chi connectivity index (χ3v) is 5.89. The van der Waals surface area contributed by atoms with Crippen LogP contribution in [0.4, 0.5) is 0 Å². The average Bonchev–Trinajstić information content (AvgIpc) is 2.82. The van der Waals surface area contributed by atoms with Gasteiger partial charge in [0.2, 0.25) is 0 Å². The monoisotopic (exact) mass is 384 g/mol. The summed E-state index contributed by atoms with van der Waals surface area (Å²) in [7, 11) is 0. The smallest absolute Gasteiger partial charge is 0.0894 e. The number of fused-ring (bicyclic) bond motifs is 2. The molecule has 0 N–H and O–H groups in total. The second-order valence-corrected chi connectivity index (χ2v) is 7.77. The molecule has 2 nitrogen and oxygen atoms in total. The molecule has 2 heteroatoms. The first-order chi connectivity index (χ1) is 14.9. The highest BCUT2D eigenvalue weighted by atomic mass is 14.8. The second-order valence-electron chi connectivity index (χ2n) is 7.77. The van der Waals surface area contributed by atoms with Crippen LogP contribution < -0.4 is 0 Å². The van der Waals surface area contributed by atoms with Gasteiger partial charge in [-0.2, -0.15) is 0 Å². The van der Waals surface area contributed by atoms with Crippen LogP contribution in [0.1, 0.15) is 17.8 Å². The topological polar surface area (TPSA) is 25.8 Å². The van der Waals surface area contributed by atoms with E-state index in [1.54, 1.807) is 0 Å². The summed E-state index contributed by atoms with van der Waals surface area (Å²) in [6.07, 6.45) is 6.33. The number of allylic oxidation sites excluding steroid dienone is 1. The van der Waals surface area contributed by atoms with E-state index in [1.165, 1.54) is 32.3 Å². The third-order valence-electron chi connectivity index (χ3n) is 5.89. The van der Waals surface area contributed by atoms with E-state index in [9.17, 15) is 0 Å². The summed E-state index contributed by atoms with van der Waals surface area (Å²) in [5.41, 5.74) is 4.15. The van der Waals surface area contributed by atoms with E-state index in [-0.39, 0.29) is 0 Å². The lowest BCUT2D eigenvalue weighted by Gasteiger charge is -2.09. The molecule has 30 heavy (non-hydrogen) atoms. The number of para-hydroxylation sites is 2. The molecule has 5 aromatic carbocycles. The van der Waals surface area contributed by atoms with Crippen LogP contribution in [0.25, 0.3) is 49.4 Å². The van der Waals surface area contributed by atoms with Crippen LogP contribution in [-0.2, 0) is 6.42 Å². The minimum absolute atomic E-state index is 0.984. The van der Waals surface area contributed by atoms with Gasteiger partial charge in [0, 0.05) is 0 Å². The quantitative estimate of drug-likeness (QED) is 0.259. The van der Waals surface area contributed by atoms with Gasteiger partial charge in [-0.1, -0.05) is 78.9 Å². The van der Waals surface area contributed by atoms with Crippen molar-refractivity contribution in [3.05, 3.63) is 102 Å². The molecule has 0 spiro atoms. The van der Waals surface area contributed by atoms with Crippen LogP contribution in [0.5, 0.6) is 0 Å². The van der Waals surface area contributed by atoms with Crippen LogP contribution in [-0.4, -0.2) is 9.97 Å². The van der Waals surface area contributed by atoms with Gasteiger partial charge in [0.25, 0.3) is 0 Å². The first-order valence-corrected chi connectivity index (χ1v) is 10.4. The fraction of sp³-hybridized carbons (Fsp3) is 0.0714. The lowest BCUT2D eigenvalue weighted by Crippen LogP contribution is -2.01. The highest BCUT2D eigenvalue weighted by molar-refractivity contribution is 6.22. The maximum atomic E-state index is 4.60. The Hall–Kier alpha value is -3.78. The molecule has 0 saturated carbocycles. The lowest BCUT2D eigenvalue weighted by molar-refractivity contribution is 0.920. The Morgan fingerprint density at radius 1 is 0.533 bits per heavy atom. The van der Waals surface area contributed by atoms with Crippen LogP contribution >= 0.6 is 0 Å². The largest absolute Gasteiger partial charge is 0.249 e. The van der Waals surface area contributed by atoms with E-state index in [1.807, 2.05) is 24.3 Å². The predicted octanol–water partition coefficient (Wildman–Crippen LogP) is 7.17. The maximum Gasteiger partial charge on any atom is 0.0894 e. The Morgan fingerprint density at radius 2 is 1.07 bits per heavy atom. The molecule has 0 atom stereocenters. The number of rotatable bonds is 0. The standard InChI is InChI=1S/C16H10.C12H10N2/c1-3-11-7-9-13-5-2-6-14-10-8-12(4-1)15(11)16(13)14;1-2-6-10-9(5-1)13-11-7-3-4-8-12(11)14-10/h1-10H;1-3,5-7H,4,8H2. The Balaban J connectivity index is 0.000000118. The van der Waals surface area contributed by atoms with Crippen molar-refractivity contribution in [2.45, 2.75) is 12.8 Å². The molecule has 7 rings (SSSR count). The summed E-state index contributed by atoms with van der Waals surface area (Å²) in [6.45, 7) is 0. The predicted molar refractivity (Wildman–Crippen MR) is 127 cm³/mol. The molecule has 0 bridgehead atoms. The molecule has 6 aromatic rings. The maximum absolute atomic E-state index is 4.60. The van der Waals surface area contributed by atoms with E-state index in [0.29, 0.717) is 0 Å². The van der Waals surface area contributed by atoms with Gasteiger partial charge in [-0.05, 0) is 63.4 Å². The summed E-state index contributed by atoms with van der Waals surface area (Å²) in [5, 5.41) is 8.14. The molecule has 142 valence electrons. The van der Waals surface area contributed by atoms with Crippen molar-refractivity contribution in [1.29, 1.82) is 0 Å². The first kappa shape index (κ1) is 17.1. The molecule has 0 radical (unpaired) electrons. The summed E-state index contributed by atoms with van der Waals surface area (Å²) in [6, 6.07) is 29.9. The number of benzene rings is 5. The molecule has 0 saturated heterocycles.